The normalized spacial score (nSPS) is 15.0. The molecule has 1 aliphatic rings. The number of benzene rings is 1. The van der Waals surface area contributed by atoms with Crippen molar-refractivity contribution in [1.29, 1.82) is 0 Å². The molecule has 0 aromatic heterocycles. The van der Waals surface area contributed by atoms with Gasteiger partial charge in [0, 0.05) is 25.3 Å². The Morgan fingerprint density at radius 3 is 2.65 bits per heavy atom. The van der Waals surface area contributed by atoms with E-state index in [1.54, 1.807) is 31.4 Å². The van der Waals surface area contributed by atoms with Gasteiger partial charge in [0.15, 0.2) is 11.5 Å². The molecule has 1 N–H and O–H groups in total. The highest BCUT2D eigenvalue weighted by atomic mass is 16.5. The van der Waals surface area contributed by atoms with E-state index in [0.29, 0.717) is 44.2 Å². The van der Waals surface area contributed by atoms with Crippen LogP contribution in [0.25, 0.3) is 6.08 Å². The lowest BCUT2D eigenvalue weighted by atomic mass is 10.1. The first-order valence-electron chi connectivity index (χ1n) is 8.64. The molecule has 7 nitrogen and oxygen atoms in total. The average molecular weight is 363 g/mol. The first-order chi connectivity index (χ1) is 12.5. The Morgan fingerprint density at radius 1 is 1.31 bits per heavy atom. The summed E-state index contributed by atoms with van der Waals surface area (Å²) < 4.78 is 16.1. The van der Waals surface area contributed by atoms with Crippen molar-refractivity contribution in [3.63, 3.8) is 0 Å². The van der Waals surface area contributed by atoms with Crippen molar-refractivity contribution in [3.8, 4) is 11.5 Å². The summed E-state index contributed by atoms with van der Waals surface area (Å²) >= 11 is 0. The number of carbonyl (C=O) groups excluding carboxylic acids is 1. The van der Waals surface area contributed by atoms with Crippen LogP contribution in [0.2, 0.25) is 0 Å². The second-order valence-corrected chi connectivity index (χ2v) is 5.88. The number of carbonyl (C=O) groups is 2. The number of hydrogen-bond donors (Lipinski definition) is 1. The molecule has 0 radical (unpaired) electrons. The van der Waals surface area contributed by atoms with Gasteiger partial charge >= 0.3 is 5.97 Å². The summed E-state index contributed by atoms with van der Waals surface area (Å²) in [6, 6.07) is 5.23. The number of carboxylic acids is 1. The van der Waals surface area contributed by atoms with E-state index in [9.17, 15) is 9.59 Å². The molecule has 0 bridgehead atoms. The quantitative estimate of drug-likeness (QED) is 0.713. The number of hydrogen-bond acceptors (Lipinski definition) is 5. The van der Waals surface area contributed by atoms with Crippen molar-refractivity contribution in [2.24, 2.45) is 0 Å². The second kappa shape index (κ2) is 9.82. The lowest BCUT2D eigenvalue weighted by molar-refractivity contribution is -0.145. The van der Waals surface area contributed by atoms with Gasteiger partial charge in [0.05, 0.1) is 13.7 Å². The van der Waals surface area contributed by atoms with Crippen LogP contribution >= 0.6 is 0 Å². The van der Waals surface area contributed by atoms with Crippen molar-refractivity contribution < 1.29 is 28.9 Å². The van der Waals surface area contributed by atoms with Crippen LogP contribution in [0.15, 0.2) is 24.3 Å². The van der Waals surface area contributed by atoms with Crippen LogP contribution in [-0.4, -0.2) is 61.4 Å². The Hall–Kier alpha value is -2.54. The lowest BCUT2D eigenvalue weighted by Gasteiger charge is -2.32. The number of aliphatic carboxylic acids is 1. The van der Waals surface area contributed by atoms with Crippen molar-refractivity contribution in [2.75, 3.05) is 33.5 Å². The van der Waals surface area contributed by atoms with E-state index >= 15 is 0 Å². The minimum atomic E-state index is -1.03. The maximum absolute atomic E-state index is 12.6. The SMILES string of the molecule is CCOc1cc(C=CC(=O)N(CC(=O)O)C2CCOCC2)ccc1OC. The van der Waals surface area contributed by atoms with Gasteiger partial charge in [-0.1, -0.05) is 6.07 Å². The van der Waals surface area contributed by atoms with Crippen molar-refractivity contribution in [2.45, 2.75) is 25.8 Å². The molecule has 1 aliphatic heterocycles. The molecule has 0 aliphatic carbocycles. The Morgan fingerprint density at radius 2 is 2.04 bits per heavy atom. The molecule has 1 aromatic rings. The molecule has 26 heavy (non-hydrogen) atoms. The fraction of sp³-hybridized carbons (Fsp3) is 0.474. The molecule has 2 rings (SSSR count). The van der Waals surface area contributed by atoms with E-state index in [4.69, 9.17) is 19.3 Å². The molecule has 0 saturated carbocycles. The van der Waals surface area contributed by atoms with Gasteiger partial charge in [0.2, 0.25) is 5.91 Å². The smallest absolute Gasteiger partial charge is 0.323 e. The number of rotatable bonds is 8. The molecule has 1 amide bonds. The summed E-state index contributed by atoms with van der Waals surface area (Å²) in [6.07, 6.45) is 4.34. The van der Waals surface area contributed by atoms with Crippen LogP contribution in [0.4, 0.5) is 0 Å². The molecule has 1 aromatic carbocycles. The third-order valence-corrected chi connectivity index (χ3v) is 4.13. The molecular weight excluding hydrogens is 338 g/mol. The topological polar surface area (TPSA) is 85.3 Å². The van der Waals surface area contributed by atoms with E-state index < -0.39 is 5.97 Å². The van der Waals surface area contributed by atoms with Crippen LogP contribution in [0.5, 0.6) is 11.5 Å². The predicted octanol–water partition coefficient (Wildman–Crippen LogP) is 2.20. The minimum absolute atomic E-state index is 0.119. The van der Waals surface area contributed by atoms with Gasteiger partial charge in [-0.25, -0.2) is 0 Å². The fourth-order valence-electron chi connectivity index (χ4n) is 2.86. The van der Waals surface area contributed by atoms with Crippen molar-refractivity contribution in [3.05, 3.63) is 29.8 Å². The van der Waals surface area contributed by atoms with Crippen LogP contribution in [0.1, 0.15) is 25.3 Å². The number of ether oxygens (including phenoxy) is 3. The van der Waals surface area contributed by atoms with Gasteiger partial charge in [-0.15, -0.1) is 0 Å². The standard InChI is InChI=1S/C19H25NO6/c1-3-26-17-12-14(4-6-16(17)24-2)5-7-18(21)20(13-19(22)23)15-8-10-25-11-9-15/h4-7,12,15H,3,8-11,13H2,1-2H3,(H,22,23). The highest BCUT2D eigenvalue weighted by Gasteiger charge is 2.26. The molecule has 1 heterocycles. The maximum Gasteiger partial charge on any atom is 0.323 e. The third kappa shape index (κ3) is 5.49. The van der Waals surface area contributed by atoms with Crippen LogP contribution in [0, 0.1) is 0 Å². The van der Waals surface area contributed by atoms with Gasteiger partial charge in [-0.05, 0) is 43.5 Å². The Balaban J connectivity index is 2.14. The van der Waals surface area contributed by atoms with Gasteiger partial charge in [0.25, 0.3) is 0 Å². The van der Waals surface area contributed by atoms with Crippen LogP contribution in [-0.2, 0) is 14.3 Å². The van der Waals surface area contributed by atoms with E-state index in [1.807, 2.05) is 6.92 Å². The molecule has 142 valence electrons. The van der Waals surface area contributed by atoms with Crippen LogP contribution in [0.3, 0.4) is 0 Å². The minimum Gasteiger partial charge on any atom is -0.493 e. The molecule has 1 fully saturated rings. The zero-order chi connectivity index (χ0) is 18.9. The van der Waals surface area contributed by atoms with E-state index in [-0.39, 0.29) is 18.5 Å². The monoisotopic (exact) mass is 363 g/mol. The summed E-state index contributed by atoms with van der Waals surface area (Å²) in [4.78, 5) is 25.1. The zero-order valence-corrected chi connectivity index (χ0v) is 15.1. The predicted molar refractivity (Wildman–Crippen MR) is 96.4 cm³/mol. The number of methoxy groups -OCH3 is 1. The van der Waals surface area contributed by atoms with Gasteiger partial charge in [0.1, 0.15) is 6.54 Å². The molecule has 0 spiro atoms. The van der Waals surface area contributed by atoms with Gasteiger partial charge in [-0.2, -0.15) is 0 Å². The number of nitrogens with zero attached hydrogens (tertiary/aromatic N) is 1. The number of amides is 1. The molecular formula is C19H25NO6. The first kappa shape index (κ1) is 19.8. The fourth-order valence-corrected chi connectivity index (χ4v) is 2.86. The number of carboxylic acid groups (broad SMARTS) is 1. The molecule has 0 atom stereocenters. The van der Waals surface area contributed by atoms with E-state index in [0.717, 1.165) is 5.56 Å². The highest BCUT2D eigenvalue weighted by Crippen LogP contribution is 2.28. The van der Waals surface area contributed by atoms with Crippen LogP contribution < -0.4 is 9.47 Å². The Bertz CT molecular complexity index is 651. The van der Waals surface area contributed by atoms with E-state index in [2.05, 4.69) is 0 Å². The average Bonchev–Trinajstić information content (AvgIpc) is 2.65. The summed E-state index contributed by atoms with van der Waals surface area (Å²) in [5.74, 6) is -0.143. The largest absolute Gasteiger partial charge is 0.493 e. The maximum atomic E-state index is 12.6. The molecule has 1 saturated heterocycles. The first-order valence-corrected chi connectivity index (χ1v) is 8.64. The van der Waals surface area contributed by atoms with Gasteiger partial charge < -0.3 is 24.2 Å². The Labute approximate surface area is 153 Å². The molecule has 0 unspecified atom stereocenters. The summed E-state index contributed by atoms with van der Waals surface area (Å²) in [7, 11) is 1.56. The van der Waals surface area contributed by atoms with E-state index in [1.165, 1.54) is 11.0 Å². The zero-order valence-electron chi connectivity index (χ0n) is 15.1. The Kier molecular flexibility index (Phi) is 7.47. The third-order valence-electron chi connectivity index (χ3n) is 4.13. The van der Waals surface area contributed by atoms with Gasteiger partial charge in [-0.3, -0.25) is 9.59 Å². The summed E-state index contributed by atoms with van der Waals surface area (Å²) in [5, 5.41) is 9.12. The second-order valence-electron chi connectivity index (χ2n) is 5.88. The highest BCUT2D eigenvalue weighted by molar-refractivity contribution is 5.93. The van der Waals surface area contributed by atoms with Crippen molar-refractivity contribution in [1.82, 2.24) is 4.90 Å². The summed E-state index contributed by atoms with van der Waals surface area (Å²) in [5.41, 5.74) is 0.768. The summed E-state index contributed by atoms with van der Waals surface area (Å²) in [6.45, 7) is 3.13. The lowest BCUT2D eigenvalue weighted by Crippen LogP contribution is -2.45. The molecule has 7 heteroatoms. The van der Waals surface area contributed by atoms with Crippen molar-refractivity contribution >= 4 is 18.0 Å².